The predicted octanol–water partition coefficient (Wildman–Crippen LogP) is -0.0541. The Balaban J connectivity index is 0.000000180. The van der Waals surface area contributed by atoms with E-state index in [-0.39, 0.29) is 0 Å². The van der Waals surface area contributed by atoms with Crippen LogP contribution in [0.1, 0.15) is 0 Å². The van der Waals surface area contributed by atoms with Gasteiger partial charge < -0.3 is 19.3 Å². The third-order valence-corrected chi connectivity index (χ3v) is 0.744. The second-order valence-corrected chi connectivity index (χ2v) is 2.69. The smallest absolute Gasteiger partial charge is 0.161 e. The molecule has 0 unspecified atom stereocenters. The second kappa shape index (κ2) is 7.38. The molecule has 0 spiro atoms. The summed E-state index contributed by atoms with van der Waals surface area (Å²) in [7, 11) is -1.62. The van der Waals surface area contributed by atoms with Crippen LogP contribution in [0.4, 0.5) is 0 Å². The van der Waals surface area contributed by atoms with E-state index in [2.05, 4.69) is 0 Å². The molecule has 10 heavy (non-hydrogen) atoms. The van der Waals surface area contributed by atoms with Crippen LogP contribution in [0.15, 0.2) is 0 Å². The molecular weight excluding hydrogens is 155 g/mol. The molecule has 0 radical (unpaired) electrons. The lowest BCUT2D eigenvalue weighted by Crippen LogP contribution is -2.16. The molecule has 0 bridgehead atoms. The first-order valence-corrected chi connectivity index (χ1v) is 4.70. The van der Waals surface area contributed by atoms with Crippen LogP contribution >= 0.6 is 8.38 Å². The molecule has 5 heteroatoms. The maximum absolute atomic E-state index is 7.68. The Morgan fingerprint density at radius 1 is 1.00 bits per heavy atom. The summed E-state index contributed by atoms with van der Waals surface area (Å²) >= 11 is 0. The summed E-state index contributed by atoms with van der Waals surface area (Å²) < 4.78 is 9.89. The fraction of sp³-hybridized carbons (Fsp3) is 1.00. The van der Waals surface area contributed by atoms with Crippen LogP contribution in [-0.4, -0.2) is 42.9 Å². The molecule has 1 fully saturated rings. The van der Waals surface area contributed by atoms with Crippen molar-refractivity contribution in [1.29, 1.82) is 0 Å². The van der Waals surface area contributed by atoms with Crippen LogP contribution < -0.4 is 0 Å². The van der Waals surface area contributed by atoms with Gasteiger partial charge in [0.1, 0.15) is 0 Å². The maximum Gasteiger partial charge on any atom is 0.161 e. The van der Waals surface area contributed by atoms with Crippen molar-refractivity contribution < 1.29 is 19.3 Å². The Morgan fingerprint density at radius 3 is 1.30 bits per heavy atom. The largest absolute Gasteiger partial charge is 0.377 e. The molecule has 0 atom stereocenters. The van der Waals surface area contributed by atoms with Crippen molar-refractivity contribution in [3.8, 4) is 0 Å². The zero-order chi connectivity index (χ0) is 7.82. The van der Waals surface area contributed by atoms with Gasteiger partial charge in [0.2, 0.25) is 0 Å². The first-order valence-electron chi connectivity index (χ1n) is 3.00. The van der Waals surface area contributed by atoms with Gasteiger partial charge in [0.25, 0.3) is 0 Å². The van der Waals surface area contributed by atoms with E-state index >= 15 is 0 Å². The number of rotatable bonds is 0. The van der Waals surface area contributed by atoms with E-state index in [1.54, 1.807) is 0 Å². The van der Waals surface area contributed by atoms with Crippen molar-refractivity contribution in [2.24, 2.45) is 0 Å². The normalized spacial score (nSPS) is 18.0. The predicted molar refractivity (Wildman–Crippen MR) is 38.9 cm³/mol. The lowest BCUT2D eigenvalue weighted by Gasteiger charge is -2.09. The molecule has 2 N–H and O–H groups in total. The van der Waals surface area contributed by atoms with E-state index < -0.39 is 8.38 Å². The average molecular weight is 168 g/mol. The number of hydrogen-bond donors (Lipinski definition) is 2. The molecule has 1 rings (SSSR count). The van der Waals surface area contributed by atoms with Crippen LogP contribution in [0.5, 0.6) is 0 Å². The Bertz CT molecular complexity index is 50.4. The van der Waals surface area contributed by atoms with E-state index in [0.717, 1.165) is 26.4 Å². The van der Waals surface area contributed by atoms with Crippen molar-refractivity contribution in [2.75, 3.05) is 33.1 Å². The molecule has 62 valence electrons. The van der Waals surface area contributed by atoms with Crippen molar-refractivity contribution in [3.05, 3.63) is 0 Å². The van der Waals surface area contributed by atoms with Gasteiger partial charge in [-0.3, -0.25) is 0 Å². The van der Waals surface area contributed by atoms with E-state index in [1.807, 2.05) is 0 Å². The topological polar surface area (TPSA) is 58.9 Å². The Kier molecular flexibility index (Phi) is 7.58. The molecule has 0 aromatic rings. The standard InChI is InChI=1S/C4H8O2.CH5O2P/c1-2-6-4-3-5-1;1-4(2)3/h1-4H2;2-3H,1H3. The van der Waals surface area contributed by atoms with Crippen LogP contribution in [0.3, 0.4) is 0 Å². The molecule has 1 saturated heterocycles. The molecule has 0 aromatic carbocycles. The van der Waals surface area contributed by atoms with Crippen molar-refractivity contribution in [2.45, 2.75) is 0 Å². The van der Waals surface area contributed by atoms with Gasteiger partial charge in [-0.2, -0.15) is 0 Å². The summed E-state index contributed by atoms with van der Waals surface area (Å²) in [6.45, 7) is 4.45. The molecule has 1 aliphatic rings. The zero-order valence-electron chi connectivity index (χ0n) is 5.99. The van der Waals surface area contributed by atoms with Gasteiger partial charge in [-0.1, -0.05) is 0 Å². The quantitative estimate of drug-likeness (QED) is 0.498. The van der Waals surface area contributed by atoms with E-state index in [9.17, 15) is 0 Å². The number of ether oxygens (including phenoxy) is 2. The Labute approximate surface area is 61.7 Å². The molecule has 1 heterocycles. The third kappa shape index (κ3) is 11.1. The molecule has 0 saturated carbocycles. The number of hydrogen-bond acceptors (Lipinski definition) is 4. The fourth-order valence-electron chi connectivity index (χ4n) is 0.440. The molecular formula is C5H13O4P. The third-order valence-electron chi connectivity index (χ3n) is 0.744. The van der Waals surface area contributed by atoms with Crippen LogP contribution in [0.25, 0.3) is 0 Å². The molecule has 1 aliphatic heterocycles. The monoisotopic (exact) mass is 168 g/mol. The van der Waals surface area contributed by atoms with Crippen LogP contribution in [-0.2, 0) is 9.47 Å². The second-order valence-electron chi connectivity index (χ2n) is 1.71. The zero-order valence-corrected chi connectivity index (χ0v) is 6.88. The van der Waals surface area contributed by atoms with Crippen LogP contribution in [0, 0.1) is 0 Å². The van der Waals surface area contributed by atoms with Crippen molar-refractivity contribution in [3.63, 3.8) is 0 Å². The van der Waals surface area contributed by atoms with Gasteiger partial charge in [-0.25, -0.2) is 0 Å². The highest BCUT2D eigenvalue weighted by Crippen LogP contribution is 2.12. The van der Waals surface area contributed by atoms with E-state index in [0.29, 0.717) is 0 Å². The molecule has 0 aromatic heterocycles. The van der Waals surface area contributed by atoms with Crippen LogP contribution in [0.2, 0.25) is 0 Å². The van der Waals surface area contributed by atoms with Gasteiger partial charge in [-0.05, 0) is 0 Å². The summed E-state index contributed by atoms with van der Waals surface area (Å²) in [5.41, 5.74) is 0. The SMILES string of the molecule is C1COCCO1.CP(O)O. The van der Waals surface area contributed by atoms with Gasteiger partial charge in [-0.15, -0.1) is 0 Å². The highest BCUT2D eigenvalue weighted by atomic mass is 31.2. The minimum absolute atomic E-state index is 0.778. The summed E-state index contributed by atoms with van der Waals surface area (Å²) in [6.07, 6.45) is 0. The summed E-state index contributed by atoms with van der Waals surface area (Å²) in [5, 5.41) is 0. The Morgan fingerprint density at radius 2 is 1.20 bits per heavy atom. The molecule has 4 nitrogen and oxygen atoms in total. The summed E-state index contributed by atoms with van der Waals surface area (Å²) in [4.78, 5) is 15.4. The fourth-order valence-corrected chi connectivity index (χ4v) is 0.440. The molecule has 0 amide bonds. The first kappa shape index (κ1) is 10.3. The van der Waals surface area contributed by atoms with Crippen molar-refractivity contribution >= 4 is 8.38 Å². The lowest BCUT2D eigenvalue weighted by molar-refractivity contribution is -0.0334. The molecule has 0 aliphatic carbocycles. The van der Waals surface area contributed by atoms with Gasteiger partial charge in [0.15, 0.2) is 8.38 Å². The first-order chi connectivity index (χ1) is 4.73. The summed E-state index contributed by atoms with van der Waals surface area (Å²) in [5.74, 6) is 0. The minimum Gasteiger partial charge on any atom is -0.377 e. The van der Waals surface area contributed by atoms with Crippen molar-refractivity contribution in [1.82, 2.24) is 0 Å². The average Bonchev–Trinajstić information content (AvgIpc) is 1.90. The Hall–Kier alpha value is 0.270. The van der Waals surface area contributed by atoms with Gasteiger partial charge in [0, 0.05) is 6.66 Å². The van der Waals surface area contributed by atoms with E-state index in [4.69, 9.17) is 19.3 Å². The summed E-state index contributed by atoms with van der Waals surface area (Å²) in [6, 6.07) is 0. The maximum atomic E-state index is 7.68. The minimum atomic E-state index is -1.62. The van der Waals surface area contributed by atoms with Gasteiger partial charge in [0.05, 0.1) is 26.4 Å². The van der Waals surface area contributed by atoms with E-state index in [1.165, 1.54) is 6.66 Å². The highest BCUT2D eigenvalue weighted by molar-refractivity contribution is 7.44. The highest BCUT2D eigenvalue weighted by Gasteiger charge is 1.94. The van der Waals surface area contributed by atoms with Gasteiger partial charge >= 0.3 is 0 Å². The lowest BCUT2D eigenvalue weighted by atomic mass is 10.6.